The molecule has 0 spiro atoms. The largest absolute Gasteiger partial charge is 0.346 e. The van der Waals surface area contributed by atoms with Gasteiger partial charge in [-0.2, -0.15) is 0 Å². The molecule has 1 N–H and O–H groups in total. The highest BCUT2D eigenvalue weighted by atomic mass is 79.9. The van der Waals surface area contributed by atoms with Gasteiger partial charge in [0.05, 0.1) is 16.1 Å². The van der Waals surface area contributed by atoms with Crippen LogP contribution in [0.3, 0.4) is 0 Å². The van der Waals surface area contributed by atoms with E-state index in [2.05, 4.69) is 21.2 Å². The second-order valence-corrected chi connectivity index (χ2v) is 6.14. The number of hydrogen-bond donors (Lipinski definition) is 1. The highest BCUT2D eigenvalue weighted by Gasteiger charge is 2.33. The molecule has 0 radical (unpaired) electrons. The molecule has 1 fully saturated rings. The van der Waals surface area contributed by atoms with Crippen LogP contribution in [0.15, 0.2) is 12.1 Å². The summed E-state index contributed by atoms with van der Waals surface area (Å²) in [6.07, 6.45) is 4.84. The Labute approximate surface area is 130 Å². The molecule has 1 aliphatic carbocycles. The van der Waals surface area contributed by atoms with Crippen molar-refractivity contribution in [1.82, 2.24) is 5.32 Å². The van der Waals surface area contributed by atoms with E-state index >= 15 is 0 Å². The lowest BCUT2D eigenvalue weighted by Crippen LogP contribution is -2.51. The summed E-state index contributed by atoms with van der Waals surface area (Å²) in [4.78, 5) is 12.2. The van der Waals surface area contributed by atoms with Crippen molar-refractivity contribution in [3.8, 4) is 0 Å². The van der Waals surface area contributed by atoms with Crippen LogP contribution in [0.5, 0.6) is 0 Å². The molecule has 1 amide bonds. The Morgan fingerprint density at radius 1 is 1.25 bits per heavy atom. The maximum atomic E-state index is 13.7. The predicted octanol–water partition coefficient (Wildman–Crippen LogP) is 4.45. The second-order valence-electron chi connectivity index (χ2n) is 5.17. The fourth-order valence-corrected chi connectivity index (χ4v) is 3.38. The van der Waals surface area contributed by atoms with Gasteiger partial charge in [0.25, 0.3) is 5.91 Å². The Morgan fingerprint density at radius 3 is 2.50 bits per heavy atom. The molecule has 1 aliphatic rings. The summed E-state index contributed by atoms with van der Waals surface area (Å²) in [7, 11) is 0. The number of halogens is 4. The maximum absolute atomic E-state index is 13.7. The standard InChI is InChI=1S/C14H15BrClF2NO/c15-8-14(4-2-1-3-5-14)19-13(20)9-6-12(18)10(16)7-11(9)17/h6-7H,1-5,8H2,(H,19,20). The monoisotopic (exact) mass is 365 g/mol. The third kappa shape index (κ3) is 3.31. The van der Waals surface area contributed by atoms with Gasteiger partial charge >= 0.3 is 0 Å². The molecule has 1 saturated carbocycles. The SMILES string of the molecule is O=C(NC1(CBr)CCCCC1)c1cc(F)c(Cl)cc1F. The van der Waals surface area contributed by atoms with Gasteiger partial charge in [0.2, 0.25) is 0 Å². The lowest BCUT2D eigenvalue weighted by molar-refractivity contribution is 0.0882. The summed E-state index contributed by atoms with van der Waals surface area (Å²) >= 11 is 8.89. The second kappa shape index (κ2) is 6.39. The molecule has 0 heterocycles. The number of carbonyl (C=O) groups excluding carboxylic acids is 1. The zero-order chi connectivity index (χ0) is 14.8. The summed E-state index contributed by atoms with van der Waals surface area (Å²) < 4.78 is 27.1. The molecule has 110 valence electrons. The molecule has 20 heavy (non-hydrogen) atoms. The van der Waals surface area contributed by atoms with Crippen molar-refractivity contribution in [2.75, 3.05) is 5.33 Å². The summed E-state index contributed by atoms with van der Waals surface area (Å²) in [6.45, 7) is 0. The third-order valence-electron chi connectivity index (χ3n) is 3.70. The summed E-state index contributed by atoms with van der Waals surface area (Å²) in [5.74, 6) is -2.20. The highest BCUT2D eigenvalue weighted by molar-refractivity contribution is 9.09. The van der Waals surface area contributed by atoms with Gasteiger partial charge in [0.15, 0.2) is 0 Å². The molecule has 2 nitrogen and oxygen atoms in total. The molecular weight excluding hydrogens is 352 g/mol. The topological polar surface area (TPSA) is 29.1 Å². The van der Waals surface area contributed by atoms with Crippen LogP contribution in [0.1, 0.15) is 42.5 Å². The first-order valence-electron chi connectivity index (χ1n) is 6.50. The molecule has 1 aromatic carbocycles. The van der Waals surface area contributed by atoms with Gasteiger partial charge in [-0.05, 0) is 25.0 Å². The summed E-state index contributed by atoms with van der Waals surface area (Å²) in [5, 5.41) is 3.12. The lowest BCUT2D eigenvalue weighted by Gasteiger charge is -2.36. The minimum atomic E-state index is -0.811. The van der Waals surface area contributed by atoms with Crippen molar-refractivity contribution < 1.29 is 13.6 Å². The van der Waals surface area contributed by atoms with E-state index < -0.39 is 17.5 Å². The van der Waals surface area contributed by atoms with Gasteiger partial charge in [-0.3, -0.25) is 4.79 Å². The summed E-state index contributed by atoms with van der Waals surface area (Å²) in [5.41, 5.74) is -0.685. The number of rotatable bonds is 3. The van der Waals surface area contributed by atoms with Crippen LogP contribution in [-0.4, -0.2) is 16.8 Å². The Balaban J connectivity index is 2.21. The van der Waals surface area contributed by atoms with Gasteiger partial charge in [0.1, 0.15) is 11.6 Å². The quantitative estimate of drug-likeness (QED) is 0.621. The Hall–Kier alpha value is -0.680. The lowest BCUT2D eigenvalue weighted by atomic mass is 9.83. The van der Waals surface area contributed by atoms with E-state index in [1.165, 1.54) is 0 Å². The van der Waals surface area contributed by atoms with Gasteiger partial charge in [-0.1, -0.05) is 46.8 Å². The van der Waals surface area contributed by atoms with E-state index in [1.54, 1.807) is 0 Å². The normalized spacial score (nSPS) is 17.8. The average Bonchev–Trinajstić information content (AvgIpc) is 2.43. The molecule has 0 aliphatic heterocycles. The van der Waals surface area contributed by atoms with E-state index in [0.717, 1.165) is 44.2 Å². The van der Waals surface area contributed by atoms with Crippen LogP contribution >= 0.6 is 27.5 Å². The average molecular weight is 367 g/mol. The molecule has 0 bridgehead atoms. The van der Waals surface area contributed by atoms with E-state index in [4.69, 9.17) is 11.6 Å². The first kappa shape index (κ1) is 15.7. The zero-order valence-electron chi connectivity index (χ0n) is 10.8. The minimum Gasteiger partial charge on any atom is -0.346 e. The Kier molecular flexibility index (Phi) is 5.02. The van der Waals surface area contributed by atoms with Crippen LogP contribution in [0, 0.1) is 11.6 Å². The number of amides is 1. The molecule has 0 atom stereocenters. The number of alkyl halides is 1. The fraction of sp³-hybridized carbons (Fsp3) is 0.500. The number of hydrogen-bond acceptors (Lipinski definition) is 1. The van der Waals surface area contributed by atoms with E-state index in [0.29, 0.717) is 5.33 Å². The first-order valence-corrected chi connectivity index (χ1v) is 8.00. The highest BCUT2D eigenvalue weighted by Crippen LogP contribution is 2.30. The van der Waals surface area contributed by atoms with Crippen molar-refractivity contribution >= 4 is 33.4 Å². The maximum Gasteiger partial charge on any atom is 0.254 e. The van der Waals surface area contributed by atoms with Gasteiger partial charge in [0, 0.05) is 5.33 Å². The Morgan fingerprint density at radius 2 is 1.90 bits per heavy atom. The van der Waals surface area contributed by atoms with Crippen LogP contribution < -0.4 is 5.32 Å². The molecule has 1 aromatic rings. The Bertz CT molecular complexity index is 518. The van der Waals surface area contributed by atoms with Crippen molar-refractivity contribution in [3.05, 3.63) is 34.4 Å². The fourth-order valence-electron chi connectivity index (χ4n) is 2.53. The molecular formula is C14H15BrClF2NO. The number of benzene rings is 1. The molecule has 0 aromatic heterocycles. The van der Waals surface area contributed by atoms with Gasteiger partial charge < -0.3 is 5.32 Å². The van der Waals surface area contributed by atoms with Crippen molar-refractivity contribution in [1.29, 1.82) is 0 Å². The molecule has 2 rings (SSSR count). The van der Waals surface area contributed by atoms with Crippen LogP contribution in [0.4, 0.5) is 8.78 Å². The molecule has 0 saturated heterocycles. The number of nitrogens with one attached hydrogen (secondary N) is 1. The van der Waals surface area contributed by atoms with Crippen LogP contribution in [0.2, 0.25) is 5.02 Å². The summed E-state index contributed by atoms with van der Waals surface area (Å²) in [6, 6.07) is 1.67. The van der Waals surface area contributed by atoms with Gasteiger partial charge in [-0.15, -0.1) is 0 Å². The van der Waals surface area contributed by atoms with E-state index in [9.17, 15) is 13.6 Å². The van der Waals surface area contributed by atoms with Crippen molar-refractivity contribution in [3.63, 3.8) is 0 Å². The van der Waals surface area contributed by atoms with Crippen LogP contribution in [-0.2, 0) is 0 Å². The minimum absolute atomic E-state index is 0.308. The van der Waals surface area contributed by atoms with Crippen molar-refractivity contribution in [2.24, 2.45) is 0 Å². The number of carbonyl (C=O) groups is 1. The smallest absolute Gasteiger partial charge is 0.254 e. The predicted molar refractivity (Wildman–Crippen MR) is 78.4 cm³/mol. The van der Waals surface area contributed by atoms with Crippen molar-refractivity contribution in [2.45, 2.75) is 37.6 Å². The molecule has 6 heteroatoms. The van der Waals surface area contributed by atoms with E-state index in [-0.39, 0.29) is 16.1 Å². The third-order valence-corrected chi connectivity index (χ3v) is 5.06. The first-order chi connectivity index (χ1) is 9.47. The van der Waals surface area contributed by atoms with Gasteiger partial charge in [-0.25, -0.2) is 8.78 Å². The molecule has 0 unspecified atom stereocenters. The van der Waals surface area contributed by atoms with Crippen LogP contribution in [0.25, 0.3) is 0 Å². The van der Waals surface area contributed by atoms with E-state index in [1.807, 2.05) is 0 Å². The zero-order valence-corrected chi connectivity index (χ0v) is 13.2.